The molecule has 0 aliphatic heterocycles. The highest BCUT2D eigenvalue weighted by atomic mass is 32.2. The zero-order chi connectivity index (χ0) is 12.1. The van der Waals surface area contributed by atoms with E-state index in [0.717, 1.165) is 11.3 Å². The van der Waals surface area contributed by atoms with E-state index in [-0.39, 0.29) is 10.6 Å². The summed E-state index contributed by atoms with van der Waals surface area (Å²) in [5.41, 5.74) is 1.69. The van der Waals surface area contributed by atoms with Crippen molar-refractivity contribution in [1.29, 1.82) is 0 Å². The Morgan fingerprint density at radius 1 is 1.50 bits per heavy atom. The van der Waals surface area contributed by atoms with Gasteiger partial charge < -0.3 is 5.32 Å². The fraction of sp³-hybridized carbons (Fsp3) is 0.455. The third-order valence-electron chi connectivity index (χ3n) is 2.11. The van der Waals surface area contributed by atoms with Crippen LogP contribution in [0.25, 0.3) is 0 Å². The summed E-state index contributed by atoms with van der Waals surface area (Å²) < 4.78 is 0. The maximum absolute atomic E-state index is 10.8. The number of nitro groups is 1. The van der Waals surface area contributed by atoms with Crippen LogP contribution in [-0.2, 0) is 5.75 Å². The molecule has 0 unspecified atom stereocenters. The summed E-state index contributed by atoms with van der Waals surface area (Å²) in [6, 6.07) is 5.32. The molecule has 0 amide bonds. The molecule has 0 spiro atoms. The van der Waals surface area contributed by atoms with Crippen molar-refractivity contribution in [1.82, 2.24) is 0 Å². The van der Waals surface area contributed by atoms with Crippen LogP contribution >= 0.6 is 11.8 Å². The van der Waals surface area contributed by atoms with Crippen molar-refractivity contribution >= 4 is 23.1 Å². The van der Waals surface area contributed by atoms with Gasteiger partial charge in [-0.2, -0.15) is 11.8 Å². The number of rotatable bonds is 5. The Bertz CT molecular complexity index is 380. The minimum Gasteiger partial charge on any atom is -0.383 e. The minimum atomic E-state index is -0.352. The molecule has 0 fully saturated rings. The minimum absolute atomic E-state index is 0.143. The average molecular weight is 240 g/mol. The van der Waals surface area contributed by atoms with Gasteiger partial charge in [0.15, 0.2) is 0 Å². The second-order valence-corrected chi connectivity index (χ2v) is 5.28. The van der Waals surface area contributed by atoms with Crippen LogP contribution in [-0.4, -0.2) is 17.2 Å². The summed E-state index contributed by atoms with van der Waals surface area (Å²) >= 11 is 1.78. The highest BCUT2D eigenvalue weighted by Crippen LogP contribution is 2.27. The van der Waals surface area contributed by atoms with Crippen LogP contribution in [0.2, 0.25) is 0 Å². The molecular formula is C11H16N2O2S. The number of hydrogen-bond donors (Lipinski definition) is 1. The first-order valence-electron chi connectivity index (χ1n) is 5.11. The van der Waals surface area contributed by atoms with Crippen molar-refractivity contribution in [3.05, 3.63) is 33.9 Å². The van der Waals surface area contributed by atoms with E-state index >= 15 is 0 Å². The van der Waals surface area contributed by atoms with E-state index in [1.165, 1.54) is 0 Å². The van der Waals surface area contributed by atoms with Gasteiger partial charge in [-0.25, -0.2) is 0 Å². The molecule has 0 saturated carbocycles. The van der Waals surface area contributed by atoms with Crippen molar-refractivity contribution in [2.45, 2.75) is 24.9 Å². The SMILES string of the molecule is CNc1ccc(CSC(C)C)cc1[N+](=O)[O-]. The molecule has 4 nitrogen and oxygen atoms in total. The van der Waals surface area contributed by atoms with Gasteiger partial charge in [-0.15, -0.1) is 0 Å². The van der Waals surface area contributed by atoms with Crippen LogP contribution in [0.4, 0.5) is 11.4 Å². The van der Waals surface area contributed by atoms with Crippen molar-refractivity contribution in [2.24, 2.45) is 0 Å². The lowest BCUT2D eigenvalue weighted by Crippen LogP contribution is -1.98. The highest BCUT2D eigenvalue weighted by Gasteiger charge is 2.13. The predicted octanol–water partition coefficient (Wildman–Crippen LogP) is 3.28. The first-order valence-corrected chi connectivity index (χ1v) is 6.16. The third-order valence-corrected chi connectivity index (χ3v) is 3.28. The smallest absolute Gasteiger partial charge is 0.292 e. The van der Waals surface area contributed by atoms with E-state index in [4.69, 9.17) is 0 Å². The van der Waals surface area contributed by atoms with E-state index in [1.54, 1.807) is 30.9 Å². The Labute approximate surface area is 99.6 Å². The van der Waals surface area contributed by atoms with Crippen LogP contribution in [0.5, 0.6) is 0 Å². The van der Waals surface area contributed by atoms with Gasteiger partial charge in [0.1, 0.15) is 5.69 Å². The van der Waals surface area contributed by atoms with Gasteiger partial charge in [0.25, 0.3) is 5.69 Å². The van der Waals surface area contributed by atoms with E-state index in [2.05, 4.69) is 19.2 Å². The van der Waals surface area contributed by atoms with Gasteiger partial charge in [-0.1, -0.05) is 19.9 Å². The molecule has 0 aromatic heterocycles. The fourth-order valence-electron chi connectivity index (χ4n) is 1.29. The maximum atomic E-state index is 10.8. The summed E-state index contributed by atoms with van der Waals surface area (Å²) in [6.07, 6.45) is 0. The molecule has 1 aromatic rings. The first kappa shape index (κ1) is 12.8. The predicted molar refractivity (Wildman–Crippen MR) is 69.1 cm³/mol. The zero-order valence-corrected chi connectivity index (χ0v) is 10.5. The molecule has 16 heavy (non-hydrogen) atoms. The second kappa shape index (κ2) is 5.75. The summed E-state index contributed by atoms with van der Waals surface area (Å²) in [4.78, 5) is 10.5. The number of benzene rings is 1. The van der Waals surface area contributed by atoms with Gasteiger partial charge in [-0.05, 0) is 16.9 Å². The number of thioether (sulfide) groups is 1. The molecule has 1 rings (SSSR count). The first-order chi connectivity index (χ1) is 7.54. The van der Waals surface area contributed by atoms with Crippen LogP contribution in [0.15, 0.2) is 18.2 Å². The molecule has 0 aliphatic carbocycles. The largest absolute Gasteiger partial charge is 0.383 e. The molecule has 88 valence electrons. The topological polar surface area (TPSA) is 55.2 Å². The van der Waals surface area contributed by atoms with Crippen LogP contribution in [0.1, 0.15) is 19.4 Å². The summed E-state index contributed by atoms with van der Waals surface area (Å²) in [5.74, 6) is 0.808. The van der Waals surface area contributed by atoms with Crippen LogP contribution in [0.3, 0.4) is 0 Å². The molecule has 1 aromatic carbocycles. The van der Waals surface area contributed by atoms with Crippen molar-refractivity contribution < 1.29 is 4.92 Å². The molecule has 5 heteroatoms. The Hall–Kier alpha value is -1.23. The number of nitro benzene ring substituents is 1. The van der Waals surface area contributed by atoms with Crippen LogP contribution in [0, 0.1) is 10.1 Å². The zero-order valence-electron chi connectivity index (χ0n) is 9.69. The van der Waals surface area contributed by atoms with Gasteiger partial charge >= 0.3 is 0 Å². The van der Waals surface area contributed by atoms with Gasteiger partial charge in [0, 0.05) is 18.9 Å². The average Bonchev–Trinajstić information content (AvgIpc) is 2.25. The molecule has 1 N–H and O–H groups in total. The van der Waals surface area contributed by atoms with E-state index in [1.807, 2.05) is 6.07 Å². The van der Waals surface area contributed by atoms with Gasteiger partial charge in [0.2, 0.25) is 0 Å². The number of anilines is 1. The maximum Gasteiger partial charge on any atom is 0.292 e. The van der Waals surface area contributed by atoms with Crippen molar-refractivity contribution in [3.8, 4) is 0 Å². The Morgan fingerprint density at radius 3 is 2.69 bits per heavy atom. The Balaban J connectivity index is 2.89. The Morgan fingerprint density at radius 2 is 2.19 bits per heavy atom. The van der Waals surface area contributed by atoms with E-state index in [9.17, 15) is 10.1 Å². The molecule has 0 atom stereocenters. The van der Waals surface area contributed by atoms with E-state index < -0.39 is 0 Å². The lowest BCUT2D eigenvalue weighted by molar-refractivity contribution is -0.384. The molecular weight excluding hydrogens is 224 g/mol. The Kier molecular flexibility index (Phi) is 4.61. The number of hydrogen-bond acceptors (Lipinski definition) is 4. The molecule has 0 aliphatic rings. The molecule has 0 saturated heterocycles. The molecule has 0 radical (unpaired) electrons. The summed E-state index contributed by atoms with van der Waals surface area (Å²) in [5, 5.41) is 14.2. The summed E-state index contributed by atoms with van der Waals surface area (Å²) in [6.45, 7) is 4.22. The lowest BCUT2D eigenvalue weighted by Gasteiger charge is -2.07. The lowest BCUT2D eigenvalue weighted by atomic mass is 10.2. The highest BCUT2D eigenvalue weighted by molar-refractivity contribution is 7.99. The monoisotopic (exact) mass is 240 g/mol. The van der Waals surface area contributed by atoms with Crippen molar-refractivity contribution in [2.75, 3.05) is 12.4 Å². The quantitative estimate of drug-likeness (QED) is 0.634. The normalized spacial score (nSPS) is 10.5. The third kappa shape index (κ3) is 3.41. The molecule has 0 bridgehead atoms. The number of nitrogens with zero attached hydrogens (tertiary/aromatic N) is 1. The van der Waals surface area contributed by atoms with Gasteiger partial charge in [0.05, 0.1) is 4.92 Å². The standard InChI is InChI=1S/C11H16N2O2S/c1-8(2)16-7-9-4-5-10(12-3)11(6-9)13(14)15/h4-6,8,12H,7H2,1-3H3. The van der Waals surface area contributed by atoms with E-state index in [0.29, 0.717) is 10.9 Å². The number of nitrogens with one attached hydrogen (secondary N) is 1. The van der Waals surface area contributed by atoms with Crippen LogP contribution < -0.4 is 5.32 Å². The van der Waals surface area contributed by atoms with Crippen molar-refractivity contribution in [3.63, 3.8) is 0 Å². The second-order valence-electron chi connectivity index (χ2n) is 3.72. The summed E-state index contributed by atoms with van der Waals surface area (Å²) in [7, 11) is 1.69. The molecule has 0 heterocycles. The fourth-order valence-corrected chi connectivity index (χ4v) is 2.00. The van der Waals surface area contributed by atoms with Gasteiger partial charge in [-0.3, -0.25) is 10.1 Å².